The first-order valence-corrected chi connectivity index (χ1v) is 15.5. The summed E-state index contributed by atoms with van der Waals surface area (Å²) < 4.78 is 77.0. The summed E-state index contributed by atoms with van der Waals surface area (Å²) >= 11 is 0. The van der Waals surface area contributed by atoms with E-state index in [1.165, 1.54) is 24.3 Å². The molecule has 3 aromatic carbocycles. The molecule has 272 valence electrons. The van der Waals surface area contributed by atoms with Gasteiger partial charge in [0.05, 0.1) is 0 Å². The monoisotopic (exact) mass is 728 g/mol. The van der Waals surface area contributed by atoms with Crippen LogP contribution in [0.3, 0.4) is 0 Å². The maximum absolute atomic E-state index is 14.9. The number of aryl methyl sites for hydroxylation is 1. The van der Waals surface area contributed by atoms with Gasteiger partial charge in [0.15, 0.2) is 5.69 Å². The van der Waals surface area contributed by atoms with Gasteiger partial charge in [-0.1, -0.05) is 79.7 Å². The number of H-pyrrole nitrogens is 1. The lowest BCUT2D eigenvalue weighted by Gasteiger charge is -2.19. The number of rotatable bonds is 15. The lowest BCUT2D eigenvalue weighted by atomic mass is 9.98. The zero-order valence-electron chi connectivity index (χ0n) is 27.2. The van der Waals surface area contributed by atoms with Crippen molar-refractivity contribution < 1.29 is 46.2 Å². The number of carbonyl (C=O) groups excluding carboxylic acids is 2. The number of alkyl halides is 5. The first-order valence-electron chi connectivity index (χ1n) is 15.5. The van der Waals surface area contributed by atoms with Crippen LogP contribution in [0.25, 0.3) is 22.5 Å². The minimum absolute atomic E-state index is 0.0383. The molecule has 0 aliphatic rings. The number of benzene rings is 3. The minimum Gasteiger partial charge on any atom is -0.460 e. The number of ether oxygens (including phenoxy) is 1. The normalized spacial score (nSPS) is 11.7. The Balaban J connectivity index is 1.37. The van der Waals surface area contributed by atoms with Gasteiger partial charge in [0.25, 0.3) is 11.0 Å². The Hall–Kier alpha value is -6.27. The lowest BCUT2D eigenvalue weighted by Crippen LogP contribution is -2.38. The molecule has 1 amide bonds. The number of nitrogens with zero attached hydrogens (tertiary/aromatic N) is 6. The van der Waals surface area contributed by atoms with E-state index < -0.39 is 47.0 Å². The largest absolute Gasteiger partial charge is 0.460 e. The molecular formula is C33H29F5N8O6. The van der Waals surface area contributed by atoms with Crippen molar-refractivity contribution in [2.45, 2.75) is 51.6 Å². The highest BCUT2D eigenvalue weighted by atomic mass is 19.4. The summed E-state index contributed by atoms with van der Waals surface area (Å²) in [5.74, 6) is -7.77. The second-order valence-corrected chi connectivity index (χ2v) is 11.3. The highest BCUT2D eigenvalue weighted by Crippen LogP contribution is 2.45. The molecule has 0 aliphatic carbocycles. The van der Waals surface area contributed by atoms with Crippen LogP contribution in [-0.2, 0) is 46.5 Å². The lowest BCUT2D eigenvalue weighted by molar-refractivity contribution is -0.763. The van der Waals surface area contributed by atoms with E-state index in [0.717, 1.165) is 10.1 Å². The molecule has 5 rings (SSSR count). The SMILES string of the molecule is CCCc1nc(C(F)(F)C(F)(F)F)c(C(=O)NCC(=O)OCc2ccc(CO[N+](=O)[O-])cc2)n1Cc1ccc(-c2ccccc2-c2nn[nH]n2)cc1. The Kier molecular flexibility index (Phi) is 11.2. The van der Waals surface area contributed by atoms with Crippen molar-refractivity contribution in [2.75, 3.05) is 6.54 Å². The van der Waals surface area contributed by atoms with Crippen LogP contribution in [-0.4, -0.2) is 59.9 Å². The summed E-state index contributed by atoms with van der Waals surface area (Å²) in [6.45, 7) is -0.101. The second kappa shape index (κ2) is 15.7. The topological polar surface area (TPSA) is 180 Å². The van der Waals surface area contributed by atoms with E-state index >= 15 is 0 Å². The van der Waals surface area contributed by atoms with E-state index in [0.29, 0.717) is 40.1 Å². The van der Waals surface area contributed by atoms with E-state index in [2.05, 4.69) is 35.8 Å². The van der Waals surface area contributed by atoms with Crippen LogP contribution in [0, 0.1) is 10.1 Å². The van der Waals surface area contributed by atoms with Crippen LogP contribution in [0.15, 0.2) is 72.8 Å². The van der Waals surface area contributed by atoms with Gasteiger partial charge in [-0.25, -0.2) is 4.98 Å². The van der Waals surface area contributed by atoms with Crippen molar-refractivity contribution >= 4 is 11.9 Å². The summed E-state index contributed by atoms with van der Waals surface area (Å²) in [6.07, 6.45) is -5.82. The van der Waals surface area contributed by atoms with Crippen molar-refractivity contribution in [3.05, 3.63) is 117 Å². The molecule has 0 aliphatic heterocycles. The molecule has 0 unspecified atom stereocenters. The fourth-order valence-electron chi connectivity index (χ4n) is 5.16. The van der Waals surface area contributed by atoms with E-state index in [9.17, 15) is 41.7 Å². The zero-order chi connectivity index (χ0) is 37.5. The maximum atomic E-state index is 14.9. The van der Waals surface area contributed by atoms with Crippen LogP contribution in [0.5, 0.6) is 0 Å². The molecule has 2 N–H and O–H groups in total. The van der Waals surface area contributed by atoms with Gasteiger partial charge in [-0.15, -0.1) is 20.3 Å². The minimum atomic E-state index is -6.08. The van der Waals surface area contributed by atoms with Crippen molar-refractivity contribution in [1.29, 1.82) is 0 Å². The Morgan fingerprint density at radius 3 is 2.15 bits per heavy atom. The molecule has 14 nitrogen and oxygen atoms in total. The van der Waals surface area contributed by atoms with Crippen molar-refractivity contribution in [3.63, 3.8) is 0 Å². The second-order valence-electron chi connectivity index (χ2n) is 11.3. The van der Waals surface area contributed by atoms with Gasteiger partial charge in [-0.3, -0.25) is 9.59 Å². The molecule has 0 radical (unpaired) electrons. The highest BCUT2D eigenvalue weighted by molar-refractivity contribution is 5.96. The number of imidazole rings is 1. The van der Waals surface area contributed by atoms with Crippen molar-refractivity contribution in [3.8, 4) is 22.5 Å². The predicted molar refractivity (Wildman–Crippen MR) is 171 cm³/mol. The number of esters is 1. The zero-order valence-corrected chi connectivity index (χ0v) is 27.2. The molecule has 0 bridgehead atoms. The smallest absolute Gasteiger partial charge is 0.459 e. The van der Waals surface area contributed by atoms with E-state index in [1.807, 2.05) is 6.07 Å². The van der Waals surface area contributed by atoms with Crippen LogP contribution in [0.2, 0.25) is 0 Å². The standard InChI is InChI=1S/C33H29F5N8O6/c1-2-5-26-40-29(32(34,35)33(36,37)38)28(31(48)39-16-27(47)51-18-21-8-10-22(11-9-21)19-52-46(49)50)45(26)17-20-12-14-23(15-13-20)24-6-3-4-7-25(24)30-41-43-44-42-30/h3-4,6-15H,2,5,16-19H2,1H3,(H,39,48)(H,41,42,43,44). The van der Waals surface area contributed by atoms with Gasteiger partial charge in [-0.2, -0.15) is 27.2 Å². The number of nitrogens with one attached hydrogen (secondary N) is 2. The maximum Gasteiger partial charge on any atom is 0.459 e. The Bertz CT molecular complexity index is 2020. The summed E-state index contributed by atoms with van der Waals surface area (Å²) in [7, 11) is 0. The van der Waals surface area contributed by atoms with Gasteiger partial charge in [0.1, 0.15) is 31.3 Å². The third-order valence-corrected chi connectivity index (χ3v) is 7.66. The van der Waals surface area contributed by atoms with Crippen molar-refractivity contribution in [2.24, 2.45) is 0 Å². The summed E-state index contributed by atoms with van der Waals surface area (Å²) in [6, 6.07) is 19.9. The molecule has 52 heavy (non-hydrogen) atoms. The van der Waals surface area contributed by atoms with E-state index in [1.54, 1.807) is 49.4 Å². The highest BCUT2D eigenvalue weighted by Gasteiger charge is 2.62. The molecule has 19 heteroatoms. The van der Waals surface area contributed by atoms with E-state index in [-0.39, 0.29) is 32.0 Å². The number of hydrogen-bond acceptors (Lipinski definition) is 10. The molecule has 0 saturated heterocycles. The fraction of sp³-hybridized carbons (Fsp3) is 0.273. The fourth-order valence-corrected chi connectivity index (χ4v) is 5.16. The number of halogens is 5. The number of hydrogen-bond donors (Lipinski definition) is 2. The number of amides is 1. The predicted octanol–water partition coefficient (Wildman–Crippen LogP) is 5.57. The third kappa shape index (κ3) is 8.53. The quantitative estimate of drug-likeness (QED) is 0.0599. The molecule has 0 atom stereocenters. The summed E-state index contributed by atoms with van der Waals surface area (Å²) in [5, 5.41) is 25.5. The van der Waals surface area contributed by atoms with Gasteiger partial charge in [-0.05, 0) is 39.5 Å². The van der Waals surface area contributed by atoms with Gasteiger partial charge in [0.2, 0.25) is 5.82 Å². The molecule has 2 aromatic heterocycles. The van der Waals surface area contributed by atoms with Gasteiger partial charge < -0.3 is 19.5 Å². The Labute approximate surface area is 291 Å². The van der Waals surface area contributed by atoms with Crippen LogP contribution in [0.1, 0.15) is 52.0 Å². The Morgan fingerprint density at radius 2 is 1.56 bits per heavy atom. The van der Waals surface area contributed by atoms with Crippen LogP contribution < -0.4 is 5.32 Å². The average Bonchev–Trinajstić information content (AvgIpc) is 3.79. The molecule has 0 fully saturated rings. The number of aromatic nitrogens is 6. The first-order chi connectivity index (χ1) is 24.8. The van der Waals surface area contributed by atoms with Gasteiger partial charge in [0, 0.05) is 18.5 Å². The number of tetrazole rings is 1. The molecular weight excluding hydrogens is 699 g/mol. The van der Waals surface area contributed by atoms with Gasteiger partial charge >= 0.3 is 18.1 Å². The molecule has 0 saturated carbocycles. The first kappa shape index (κ1) is 37.0. The van der Waals surface area contributed by atoms with Crippen LogP contribution in [0.4, 0.5) is 22.0 Å². The van der Waals surface area contributed by atoms with Crippen LogP contribution >= 0.6 is 0 Å². The average molecular weight is 729 g/mol. The molecule has 2 heterocycles. The molecule has 0 spiro atoms. The number of aromatic amines is 1. The van der Waals surface area contributed by atoms with Crippen molar-refractivity contribution in [1.82, 2.24) is 35.5 Å². The molecule has 5 aromatic rings. The number of carbonyl (C=O) groups is 2. The Morgan fingerprint density at radius 1 is 0.923 bits per heavy atom. The van der Waals surface area contributed by atoms with E-state index in [4.69, 9.17) is 4.74 Å². The summed E-state index contributed by atoms with van der Waals surface area (Å²) in [5.41, 5.74) is 0.640. The third-order valence-electron chi connectivity index (χ3n) is 7.66. The summed E-state index contributed by atoms with van der Waals surface area (Å²) in [4.78, 5) is 44.2.